The van der Waals surface area contributed by atoms with Crippen molar-refractivity contribution in [3.05, 3.63) is 65.2 Å². The van der Waals surface area contributed by atoms with Crippen molar-refractivity contribution in [1.82, 2.24) is 0 Å². The molecule has 0 heterocycles. The van der Waals surface area contributed by atoms with Crippen molar-refractivity contribution < 1.29 is 18.3 Å². The lowest BCUT2D eigenvalue weighted by Crippen LogP contribution is -2.13. The predicted octanol–water partition coefficient (Wildman–Crippen LogP) is 4.14. The summed E-state index contributed by atoms with van der Waals surface area (Å²) < 4.78 is 28.4. The lowest BCUT2D eigenvalue weighted by molar-refractivity contribution is -0.112. The molecule has 0 spiro atoms. The number of halogens is 2. The molecule has 0 aliphatic rings. The van der Waals surface area contributed by atoms with E-state index in [9.17, 15) is 13.6 Å². The monoisotopic (exact) mass is 328 g/mol. The first-order valence-corrected chi connectivity index (χ1v) is 7.02. The molecule has 0 aliphatic heterocycles. The van der Waals surface area contributed by atoms with E-state index < -0.39 is 12.5 Å². The first-order valence-electron chi connectivity index (χ1n) is 7.02. The van der Waals surface area contributed by atoms with Crippen LogP contribution in [0.1, 0.15) is 11.1 Å². The molecule has 0 saturated heterocycles. The Morgan fingerprint density at radius 1 is 1.17 bits per heavy atom. The number of nitriles is 1. The van der Waals surface area contributed by atoms with E-state index >= 15 is 0 Å². The second-order valence-electron chi connectivity index (χ2n) is 4.94. The molecule has 0 radical (unpaired) electrons. The van der Waals surface area contributed by atoms with Crippen LogP contribution in [0.2, 0.25) is 0 Å². The highest BCUT2D eigenvalue weighted by molar-refractivity contribution is 6.09. The van der Waals surface area contributed by atoms with E-state index in [0.29, 0.717) is 11.3 Å². The predicted molar refractivity (Wildman–Crippen MR) is 86.5 cm³/mol. The average molecular weight is 328 g/mol. The van der Waals surface area contributed by atoms with Crippen LogP contribution >= 0.6 is 0 Å². The van der Waals surface area contributed by atoms with Crippen LogP contribution in [0.25, 0.3) is 6.08 Å². The zero-order chi connectivity index (χ0) is 17.5. The van der Waals surface area contributed by atoms with Gasteiger partial charge in [-0.15, -0.1) is 0 Å². The highest BCUT2D eigenvalue weighted by Gasteiger charge is 2.10. The summed E-state index contributed by atoms with van der Waals surface area (Å²) in [6, 6.07) is 14.6. The SMILES string of the molecule is Cc1ccc(NC(=O)/C(C#N)=C/c2ccc(OC(F)F)cc2)cc1. The van der Waals surface area contributed by atoms with Gasteiger partial charge >= 0.3 is 6.61 Å². The van der Waals surface area contributed by atoms with Gasteiger partial charge in [0.15, 0.2) is 0 Å². The van der Waals surface area contributed by atoms with Gasteiger partial charge in [-0.25, -0.2) is 0 Å². The van der Waals surface area contributed by atoms with Crippen LogP contribution in [-0.4, -0.2) is 12.5 Å². The first-order chi connectivity index (χ1) is 11.5. The fourth-order valence-corrected chi connectivity index (χ4v) is 1.90. The van der Waals surface area contributed by atoms with Gasteiger partial charge in [-0.1, -0.05) is 29.8 Å². The van der Waals surface area contributed by atoms with Crippen LogP contribution in [-0.2, 0) is 4.79 Å². The van der Waals surface area contributed by atoms with Crippen molar-refractivity contribution in [2.75, 3.05) is 5.32 Å². The molecule has 0 bridgehead atoms. The summed E-state index contributed by atoms with van der Waals surface area (Å²) in [4.78, 5) is 12.1. The largest absolute Gasteiger partial charge is 0.435 e. The number of alkyl halides is 2. The van der Waals surface area contributed by atoms with Crippen LogP contribution < -0.4 is 10.1 Å². The highest BCUT2D eigenvalue weighted by atomic mass is 19.3. The molecular weight excluding hydrogens is 314 g/mol. The number of ether oxygens (including phenoxy) is 1. The number of rotatable bonds is 5. The van der Waals surface area contributed by atoms with E-state index in [2.05, 4.69) is 10.1 Å². The number of anilines is 1. The van der Waals surface area contributed by atoms with E-state index in [1.807, 2.05) is 25.1 Å². The Morgan fingerprint density at radius 3 is 2.33 bits per heavy atom. The molecule has 1 amide bonds. The number of hydrogen-bond donors (Lipinski definition) is 1. The zero-order valence-corrected chi connectivity index (χ0v) is 12.8. The van der Waals surface area contributed by atoms with Gasteiger partial charge in [0.25, 0.3) is 5.91 Å². The number of nitrogens with one attached hydrogen (secondary N) is 1. The van der Waals surface area contributed by atoms with Crippen molar-refractivity contribution in [1.29, 1.82) is 5.26 Å². The van der Waals surface area contributed by atoms with Crippen molar-refractivity contribution in [3.63, 3.8) is 0 Å². The van der Waals surface area contributed by atoms with Gasteiger partial charge in [0.05, 0.1) is 0 Å². The number of carbonyl (C=O) groups is 1. The van der Waals surface area contributed by atoms with Crippen molar-refractivity contribution >= 4 is 17.7 Å². The van der Waals surface area contributed by atoms with Crippen molar-refractivity contribution in [3.8, 4) is 11.8 Å². The minimum atomic E-state index is -2.90. The normalized spacial score (nSPS) is 11.0. The number of nitrogens with zero attached hydrogens (tertiary/aromatic N) is 1. The van der Waals surface area contributed by atoms with Gasteiger partial charge in [0.2, 0.25) is 0 Å². The molecule has 0 unspecified atom stereocenters. The molecule has 2 aromatic rings. The standard InChI is InChI=1S/C18H14F2N2O2/c1-12-2-6-15(7-3-12)22-17(23)14(11-21)10-13-4-8-16(9-5-13)24-18(19)20/h2-10,18H,1H3,(H,22,23)/b14-10+. The third-order valence-electron chi connectivity index (χ3n) is 3.09. The average Bonchev–Trinajstić information content (AvgIpc) is 2.55. The van der Waals surface area contributed by atoms with Crippen LogP contribution in [0, 0.1) is 18.3 Å². The minimum Gasteiger partial charge on any atom is -0.435 e. The maximum absolute atomic E-state index is 12.1. The first kappa shape index (κ1) is 17.2. The van der Waals surface area contributed by atoms with Crippen molar-refractivity contribution in [2.24, 2.45) is 0 Å². The number of hydrogen-bond acceptors (Lipinski definition) is 3. The topological polar surface area (TPSA) is 62.1 Å². The Kier molecular flexibility index (Phi) is 5.63. The molecule has 4 nitrogen and oxygen atoms in total. The van der Waals surface area contributed by atoms with E-state index in [0.717, 1.165) is 5.56 Å². The lowest BCUT2D eigenvalue weighted by Gasteiger charge is -2.06. The molecule has 0 aromatic heterocycles. The van der Waals surface area contributed by atoms with Gasteiger partial charge < -0.3 is 10.1 Å². The van der Waals surface area contributed by atoms with Gasteiger partial charge in [-0.2, -0.15) is 14.0 Å². The molecule has 122 valence electrons. The summed E-state index contributed by atoms with van der Waals surface area (Å²) in [6.07, 6.45) is 1.37. The van der Waals surface area contributed by atoms with Crippen LogP contribution in [0.5, 0.6) is 5.75 Å². The smallest absolute Gasteiger partial charge is 0.387 e. The summed E-state index contributed by atoms with van der Waals surface area (Å²) in [5.74, 6) is -0.543. The molecule has 1 N–H and O–H groups in total. The van der Waals surface area contributed by atoms with E-state index in [1.54, 1.807) is 12.1 Å². The summed E-state index contributed by atoms with van der Waals surface area (Å²) >= 11 is 0. The Bertz CT molecular complexity index is 776. The Labute approximate surface area is 138 Å². The van der Waals surface area contributed by atoms with Crippen LogP contribution in [0.15, 0.2) is 54.1 Å². The maximum atomic E-state index is 12.1. The second kappa shape index (κ2) is 7.88. The third-order valence-corrected chi connectivity index (χ3v) is 3.09. The van der Waals surface area contributed by atoms with Crippen LogP contribution in [0.3, 0.4) is 0 Å². The number of amides is 1. The molecule has 6 heteroatoms. The van der Waals surface area contributed by atoms with E-state index in [4.69, 9.17) is 5.26 Å². The molecule has 0 atom stereocenters. The number of aryl methyl sites for hydroxylation is 1. The fourth-order valence-electron chi connectivity index (χ4n) is 1.90. The molecule has 0 fully saturated rings. The highest BCUT2D eigenvalue weighted by Crippen LogP contribution is 2.17. The summed E-state index contributed by atoms with van der Waals surface area (Å²) in [7, 11) is 0. The zero-order valence-electron chi connectivity index (χ0n) is 12.8. The molecular formula is C18H14F2N2O2. The van der Waals surface area contributed by atoms with Gasteiger partial charge in [-0.3, -0.25) is 4.79 Å². The number of carbonyl (C=O) groups excluding carboxylic acids is 1. The quantitative estimate of drug-likeness (QED) is 0.663. The van der Waals surface area contributed by atoms with Crippen LogP contribution in [0.4, 0.5) is 14.5 Å². The molecule has 0 saturated carbocycles. The lowest BCUT2D eigenvalue weighted by atomic mass is 10.1. The summed E-state index contributed by atoms with van der Waals surface area (Å²) in [5.41, 5.74) is 2.05. The second-order valence-corrected chi connectivity index (χ2v) is 4.94. The summed E-state index contributed by atoms with van der Waals surface area (Å²) in [6.45, 7) is -0.977. The maximum Gasteiger partial charge on any atom is 0.387 e. The van der Waals surface area contributed by atoms with Gasteiger partial charge in [0, 0.05) is 5.69 Å². The number of benzene rings is 2. The van der Waals surface area contributed by atoms with E-state index in [-0.39, 0.29) is 11.3 Å². The Morgan fingerprint density at radius 2 is 1.79 bits per heavy atom. The minimum absolute atomic E-state index is 0.00441. The fraction of sp³-hybridized carbons (Fsp3) is 0.111. The third kappa shape index (κ3) is 4.92. The Balaban J connectivity index is 2.11. The molecule has 0 aliphatic carbocycles. The Hall–Kier alpha value is -3.20. The van der Waals surface area contributed by atoms with E-state index in [1.165, 1.54) is 30.3 Å². The van der Waals surface area contributed by atoms with Gasteiger partial charge in [0.1, 0.15) is 17.4 Å². The van der Waals surface area contributed by atoms with Gasteiger partial charge in [-0.05, 0) is 42.8 Å². The molecule has 2 aromatic carbocycles. The molecule has 2 rings (SSSR count). The molecule has 24 heavy (non-hydrogen) atoms. The van der Waals surface area contributed by atoms with Crippen molar-refractivity contribution in [2.45, 2.75) is 13.5 Å². The summed E-state index contributed by atoms with van der Waals surface area (Å²) in [5, 5.41) is 11.8.